The fraction of sp³-hybridized carbons (Fsp3) is 0.542. The van der Waals surface area contributed by atoms with E-state index < -0.39 is 0 Å². The number of thioether (sulfide) groups is 3. The molecule has 0 unspecified atom stereocenters. The van der Waals surface area contributed by atoms with Crippen molar-refractivity contribution in [2.24, 2.45) is 0 Å². The van der Waals surface area contributed by atoms with Crippen molar-refractivity contribution in [3.05, 3.63) is 228 Å². The molecule has 0 spiro atoms. The lowest BCUT2D eigenvalue weighted by Crippen LogP contribution is -2.09. The summed E-state index contributed by atoms with van der Waals surface area (Å²) in [6.07, 6.45) is 6.13. The van der Waals surface area contributed by atoms with Gasteiger partial charge in [-0.25, -0.2) is 0 Å². The van der Waals surface area contributed by atoms with Crippen LogP contribution < -0.4 is 0 Å². The molecule has 9 nitrogen and oxygen atoms in total. The van der Waals surface area contributed by atoms with Crippen LogP contribution in [0.1, 0.15) is 234 Å². The molecule has 8 aromatic carbocycles. The summed E-state index contributed by atoms with van der Waals surface area (Å²) in [5, 5.41) is 14.3. The fourth-order valence-corrected chi connectivity index (χ4v) is 10.2. The molecule has 12 heteroatoms. The third-order valence-corrected chi connectivity index (χ3v) is 17.1. The number of hydrogen-bond acceptors (Lipinski definition) is 12. The van der Waals surface area contributed by atoms with Crippen LogP contribution in [0.25, 0.3) is 21.5 Å². The lowest BCUT2D eigenvalue weighted by molar-refractivity contribution is 0.0300. The van der Waals surface area contributed by atoms with Gasteiger partial charge in [-0.1, -0.05) is 239 Å². The highest BCUT2D eigenvalue weighted by Crippen LogP contribution is 2.32. The maximum absolute atomic E-state index is 9.12. The molecule has 0 heterocycles. The van der Waals surface area contributed by atoms with Crippen LogP contribution in [-0.4, -0.2) is 107 Å². The first-order valence-electron chi connectivity index (χ1n) is 39.2. The predicted octanol–water partition coefficient (Wildman–Crippen LogP) is 28.0. The quantitative estimate of drug-likeness (QED) is 0.0618. The molecule has 610 valence electrons. The summed E-state index contributed by atoms with van der Waals surface area (Å²) >= 11 is 5.78. The minimum absolute atomic E-state index is 0.229. The molecule has 8 rings (SSSR count). The molecule has 0 saturated heterocycles. The Bertz CT molecular complexity index is 3290. The molecule has 0 aliphatic rings. The van der Waals surface area contributed by atoms with E-state index in [1.54, 1.807) is 19.2 Å². The average molecular weight is 1550 g/mol. The third-order valence-electron chi connectivity index (χ3n) is 13.6. The maximum Gasteiger partial charge on any atom is 0.115 e. The van der Waals surface area contributed by atoms with Crippen LogP contribution in [-0.2, 0) is 70.7 Å². The van der Waals surface area contributed by atoms with Crippen molar-refractivity contribution in [2.75, 3.05) is 32.3 Å². The number of aryl methyl sites for hydroxylation is 1. The van der Waals surface area contributed by atoms with E-state index in [9.17, 15) is 0 Å². The van der Waals surface area contributed by atoms with Gasteiger partial charge in [0.2, 0.25) is 0 Å². The van der Waals surface area contributed by atoms with Crippen LogP contribution in [0.15, 0.2) is 199 Å². The van der Waals surface area contributed by atoms with E-state index in [0.717, 1.165) is 31.8 Å². The van der Waals surface area contributed by atoms with Gasteiger partial charge < -0.3 is 43.0 Å². The first-order valence-corrected chi connectivity index (χ1v) is 42.2. The number of rotatable bonds is 23. The van der Waals surface area contributed by atoms with Crippen molar-refractivity contribution >= 4 is 56.8 Å². The lowest BCUT2D eigenvalue weighted by Gasteiger charge is -2.17. The van der Waals surface area contributed by atoms with Gasteiger partial charge in [-0.2, -0.15) is 23.5 Å². The van der Waals surface area contributed by atoms with Crippen LogP contribution in [0, 0.1) is 6.92 Å². The van der Waals surface area contributed by atoms with Gasteiger partial charge in [0, 0.05) is 32.9 Å². The maximum atomic E-state index is 9.12. The first kappa shape index (κ1) is 107. The number of methoxy groups -OCH3 is 1. The molecule has 0 fully saturated rings. The molecule has 8 aromatic rings. The molecule has 108 heavy (non-hydrogen) atoms. The number of phenols is 1. The zero-order valence-electron chi connectivity index (χ0n) is 73.8. The predicted molar refractivity (Wildman–Crippen MR) is 482 cm³/mol. The van der Waals surface area contributed by atoms with Gasteiger partial charge in [0.15, 0.2) is 0 Å². The van der Waals surface area contributed by atoms with E-state index in [4.69, 9.17) is 43.0 Å². The van der Waals surface area contributed by atoms with Crippen molar-refractivity contribution < 1.29 is 43.0 Å². The Balaban J connectivity index is -0.00000114. The number of aromatic hydroxyl groups is 1. The number of hydrogen-bond donors (Lipinski definition) is 1. The fourth-order valence-electron chi connectivity index (χ4n) is 8.34. The molecule has 0 bridgehead atoms. The number of benzene rings is 8. The van der Waals surface area contributed by atoms with E-state index in [0.29, 0.717) is 76.4 Å². The summed E-state index contributed by atoms with van der Waals surface area (Å²) in [5.41, 5.74) is 7.42. The van der Waals surface area contributed by atoms with Crippen LogP contribution in [0.4, 0.5) is 0 Å². The number of fused-ring (bicyclic) bond motifs is 2. The van der Waals surface area contributed by atoms with Crippen molar-refractivity contribution in [3.8, 4) is 5.75 Å². The Morgan fingerprint density at radius 1 is 0.361 bits per heavy atom. The summed E-state index contributed by atoms with van der Waals surface area (Å²) in [6, 6.07) is 66.0. The molecular formula is C96H154O9S3. The van der Waals surface area contributed by atoms with Crippen LogP contribution in [0.5, 0.6) is 5.75 Å². The smallest absolute Gasteiger partial charge is 0.115 e. The summed E-state index contributed by atoms with van der Waals surface area (Å²) in [7, 11) is 1.70. The topological polar surface area (TPSA) is 94.1 Å². The number of ether oxygens (including phenoxy) is 8. The standard InChI is InChI=1S/2C14H16O.C11H16O.C11H16S.C10H14O2.C10H14O.C6H14O.C6H14S.C5H12O.C5H12S.C4H10O/c1-11(2)15-10-13-8-5-7-12-6-3-4-9-14(12)13;1-11(2)15-10-12-7-8-13-5-3-4-6-14(13)9-12;1-10(2)12-9-8-11-6-4-3-5-7-11;1-9-5-7-10(8-6-9)12-11(2,3)4;1-8(2)12-7-9-4-3-5-10(11)6-9;1-9(2)11-8-10-6-4-3-5-7-10;1-5(2)7-6(3)4;1-5-7-6(2,3)4;1-4-6-5(2)3;1-5(2,3)6-4;1-4(2)5-3/h2*3-9,11H,10H2,1-2H3;3-7,10H,8-9H2,1-2H3;5-8H,1-4H3;3-6,8,11H,7H2,1-2H3;3-7,9H,8H2,1-2H3;5-6H,1-4H3;5H2,1-4H3;5H,4H2,1-3H3;1-4H3;4H,1-3H3. The van der Waals surface area contributed by atoms with E-state index in [2.05, 4.69) is 270 Å². The molecule has 0 aliphatic carbocycles. The van der Waals surface area contributed by atoms with Gasteiger partial charge in [-0.05, 0) is 237 Å². The van der Waals surface area contributed by atoms with Gasteiger partial charge in [-0.15, -0.1) is 11.8 Å². The second kappa shape index (κ2) is 64.3. The second-order valence-electron chi connectivity index (χ2n) is 31.0. The highest BCUT2D eigenvalue weighted by atomic mass is 32.2. The van der Waals surface area contributed by atoms with E-state index in [1.807, 2.05) is 162 Å². The van der Waals surface area contributed by atoms with Gasteiger partial charge in [-0.3, -0.25) is 0 Å². The van der Waals surface area contributed by atoms with E-state index >= 15 is 0 Å². The Hall–Kier alpha value is -5.19. The lowest BCUT2D eigenvalue weighted by atomic mass is 10.1. The van der Waals surface area contributed by atoms with E-state index in [-0.39, 0.29) is 18.3 Å². The minimum Gasteiger partial charge on any atom is -0.508 e. The van der Waals surface area contributed by atoms with Crippen LogP contribution in [0.3, 0.4) is 0 Å². The van der Waals surface area contributed by atoms with Crippen molar-refractivity contribution in [3.63, 3.8) is 0 Å². The molecule has 0 radical (unpaired) electrons. The third kappa shape index (κ3) is 71.1. The minimum atomic E-state index is 0.229. The number of phenolic OH excluding ortho intramolecular Hbond substituents is 1. The molecular weight excluding hydrogens is 1390 g/mol. The van der Waals surface area contributed by atoms with Crippen molar-refractivity contribution in [2.45, 2.75) is 315 Å². The summed E-state index contributed by atoms with van der Waals surface area (Å²) in [5.74, 6) is 1.52. The normalized spacial score (nSPS) is 11.0. The largest absolute Gasteiger partial charge is 0.508 e. The molecule has 0 aromatic heterocycles. The van der Waals surface area contributed by atoms with Crippen molar-refractivity contribution in [1.82, 2.24) is 0 Å². The highest BCUT2D eigenvalue weighted by Gasteiger charge is 2.12. The summed E-state index contributed by atoms with van der Waals surface area (Å²) in [4.78, 5) is 1.35. The van der Waals surface area contributed by atoms with Gasteiger partial charge in [0.25, 0.3) is 0 Å². The average Bonchev–Trinajstić information content (AvgIpc) is 0.840. The monoisotopic (exact) mass is 1550 g/mol. The van der Waals surface area contributed by atoms with E-state index in [1.165, 1.54) is 60.0 Å². The van der Waals surface area contributed by atoms with Crippen LogP contribution in [0.2, 0.25) is 0 Å². The Morgan fingerprint density at radius 2 is 0.759 bits per heavy atom. The second-order valence-corrected chi connectivity index (χ2v) is 36.6. The van der Waals surface area contributed by atoms with Crippen LogP contribution >= 0.6 is 35.3 Å². The molecule has 0 amide bonds. The Morgan fingerprint density at radius 3 is 1.15 bits per heavy atom. The summed E-state index contributed by atoms with van der Waals surface area (Å²) < 4.78 is 43.7. The summed E-state index contributed by atoms with van der Waals surface area (Å²) in [6.45, 7) is 67.3. The van der Waals surface area contributed by atoms with Gasteiger partial charge >= 0.3 is 0 Å². The molecule has 0 aliphatic heterocycles. The zero-order valence-corrected chi connectivity index (χ0v) is 76.2. The highest BCUT2D eigenvalue weighted by molar-refractivity contribution is 8.00. The van der Waals surface area contributed by atoms with Gasteiger partial charge in [0.05, 0.1) is 88.0 Å². The first-order chi connectivity index (χ1) is 50.5. The Kier molecular flexibility index (Phi) is 63.7. The Labute approximate surface area is 675 Å². The molecule has 0 saturated carbocycles. The molecule has 1 N–H and O–H groups in total. The molecule has 0 atom stereocenters. The van der Waals surface area contributed by atoms with Gasteiger partial charge in [0.1, 0.15) is 5.75 Å². The van der Waals surface area contributed by atoms with Crippen molar-refractivity contribution in [1.29, 1.82) is 0 Å². The SMILES string of the molecule is CC(C)OC(C)C.CC(C)OCCc1ccccc1.CC(C)OCc1ccc2ccccc2c1.CC(C)OCc1cccc(O)c1.CC(C)OCc1cccc2ccccc12.CC(C)OCc1ccccc1.CCOC(C)C.CCSC(C)(C)C.COC(C)C.CSC(C)(C)C.Cc1ccc(SC(C)(C)C)cc1. The zero-order chi connectivity index (χ0) is 82.7.